The SMILES string of the molecule is Cc1ccc(C(=O)CSc2nnc(C3CC3)n2Cc2ccccc2)c(C)c1. The average Bonchev–Trinajstić information content (AvgIpc) is 3.43. The van der Waals surface area contributed by atoms with Crippen molar-refractivity contribution in [3.63, 3.8) is 0 Å². The third-order valence-electron chi connectivity index (χ3n) is 4.89. The predicted molar refractivity (Wildman–Crippen MR) is 109 cm³/mol. The van der Waals surface area contributed by atoms with Gasteiger partial charge < -0.3 is 4.57 Å². The number of carbonyl (C=O) groups is 1. The number of hydrogen-bond donors (Lipinski definition) is 0. The van der Waals surface area contributed by atoms with E-state index in [0.29, 0.717) is 11.7 Å². The number of aromatic nitrogens is 3. The number of rotatable bonds is 7. The summed E-state index contributed by atoms with van der Waals surface area (Å²) in [5.41, 5.74) is 4.23. The van der Waals surface area contributed by atoms with Gasteiger partial charge in [-0.3, -0.25) is 4.79 Å². The Bertz CT molecular complexity index is 961. The van der Waals surface area contributed by atoms with Gasteiger partial charge in [0.15, 0.2) is 10.9 Å². The van der Waals surface area contributed by atoms with E-state index in [2.05, 4.69) is 33.0 Å². The number of Topliss-reactive ketones (excluding diaryl/α,β-unsaturated/α-hetero) is 1. The molecule has 0 atom stereocenters. The molecule has 0 N–H and O–H groups in total. The summed E-state index contributed by atoms with van der Waals surface area (Å²) in [7, 11) is 0. The highest BCUT2D eigenvalue weighted by atomic mass is 32.2. The third-order valence-corrected chi connectivity index (χ3v) is 5.85. The molecule has 1 aliphatic carbocycles. The van der Waals surface area contributed by atoms with Crippen LogP contribution in [-0.4, -0.2) is 26.3 Å². The second-order valence-corrected chi connectivity index (χ2v) is 8.16. The Morgan fingerprint density at radius 2 is 1.89 bits per heavy atom. The maximum atomic E-state index is 12.7. The molecule has 2 aromatic carbocycles. The largest absolute Gasteiger partial charge is 0.301 e. The second kappa shape index (κ2) is 7.69. The summed E-state index contributed by atoms with van der Waals surface area (Å²) in [6, 6.07) is 16.3. The van der Waals surface area contributed by atoms with Crippen molar-refractivity contribution in [3.8, 4) is 0 Å². The van der Waals surface area contributed by atoms with Crippen molar-refractivity contribution in [2.75, 3.05) is 5.75 Å². The Kier molecular flexibility index (Phi) is 5.12. The fraction of sp³-hybridized carbons (Fsp3) is 0.318. The van der Waals surface area contributed by atoms with Crippen molar-refractivity contribution in [1.29, 1.82) is 0 Å². The molecule has 1 aromatic heterocycles. The quantitative estimate of drug-likeness (QED) is 0.438. The molecule has 0 radical (unpaired) electrons. The molecule has 0 amide bonds. The van der Waals surface area contributed by atoms with Gasteiger partial charge >= 0.3 is 0 Å². The minimum atomic E-state index is 0.139. The van der Waals surface area contributed by atoms with Crippen molar-refractivity contribution in [2.24, 2.45) is 0 Å². The van der Waals surface area contributed by atoms with Crippen LogP contribution < -0.4 is 0 Å². The van der Waals surface area contributed by atoms with Crippen LogP contribution in [0.15, 0.2) is 53.7 Å². The molecular formula is C22H23N3OS. The van der Waals surface area contributed by atoms with Gasteiger partial charge in [0, 0.05) is 11.5 Å². The first kappa shape index (κ1) is 18.0. The van der Waals surface area contributed by atoms with Gasteiger partial charge in [-0.25, -0.2) is 0 Å². The molecule has 1 saturated carbocycles. The van der Waals surface area contributed by atoms with Crippen LogP contribution in [0.2, 0.25) is 0 Å². The first-order valence-corrected chi connectivity index (χ1v) is 10.3. The zero-order valence-electron chi connectivity index (χ0n) is 15.7. The minimum absolute atomic E-state index is 0.139. The van der Waals surface area contributed by atoms with Gasteiger partial charge in [-0.15, -0.1) is 10.2 Å². The molecule has 5 heteroatoms. The van der Waals surface area contributed by atoms with Gasteiger partial charge in [-0.2, -0.15) is 0 Å². The topological polar surface area (TPSA) is 47.8 Å². The van der Waals surface area contributed by atoms with Crippen LogP contribution in [-0.2, 0) is 6.54 Å². The molecule has 0 spiro atoms. The van der Waals surface area contributed by atoms with Crippen LogP contribution in [0.1, 0.15) is 51.6 Å². The van der Waals surface area contributed by atoms with Gasteiger partial charge in [0.1, 0.15) is 5.82 Å². The Labute approximate surface area is 164 Å². The van der Waals surface area contributed by atoms with Crippen LogP contribution >= 0.6 is 11.8 Å². The number of aryl methyl sites for hydroxylation is 2. The van der Waals surface area contributed by atoms with E-state index >= 15 is 0 Å². The van der Waals surface area contributed by atoms with Gasteiger partial charge in [0.25, 0.3) is 0 Å². The lowest BCUT2D eigenvalue weighted by molar-refractivity contribution is 0.102. The molecule has 0 aliphatic heterocycles. The minimum Gasteiger partial charge on any atom is -0.301 e. The zero-order valence-corrected chi connectivity index (χ0v) is 16.5. The van der Waals surface area contributed by atoms with E-state index in [0.717, 1.165) is 28.7 Å². The van der Waals surface area contributed by atoms with E-state index in [4.69, 9.17) is 0 Å². The summed E-state index contributed by atoms with van der Waals surface area (Å²) in [6.45, 7) is 4.79. The Morgan fingerprint density at radius 3 is 2.59 bits per heavy atom. The Hall–Kier alpha value is -2.40. The number of thioether (sulfide) groups is 1. The standard InChI is InChI=1S/C22H23N3OS/c1-15-8-11-19(16(2)12-15)20(26)14-27-22-24-23-21(18-9-10-18)25(22)13-17-6-4-3-5-7-17/h3-8,11-12,18H,9-10,13-14H2,1-2H3. The van der Waals surface area contributed by atoms with E-state index < -0.39 is 0 Å². The van der Waals surface area contributed by atoms with E-state index in [1.54, 1.807) is 0 Å². The zero-order chi connectivity index (χ0) is 18.8. The number of nitrogens with zero attached hydrogens (tertiary/aromatic N) is 3. The van der Waals surface area contributed by atoms with Crippen LogP contribution in [0.4, 0.5) is 0 Å². The van der Waals surface area contributed by atoms with E-state index in [-0.39, 0.29) is 5.78 Å². The van der Waals surface area contributed by atoms with E-state index in [1.165, 1.54) is 35.7 Å². The van der Waals surface area contributed by atoms with Gasteiger partial charge in [-0.1, -0.05) is 65.9 Å². The fourth-order valence-corrected chi connectivity index (χ4v) is 4.13. The number of ketones is 1. The summed E-state index contributed by atoms with van der Waals surface area (Å²) < 4.78 is 2.19. The van der Waals surface area contributed by atoms with Crippen LogP contribution in [0.5, 0.6) is 0 Å². The molecule has 0 saturated heterocycles. The molecule has 1 fully saturated rings. The lowest BCUT2D eigenvalue weighted by atomic mass is 10.0. The Morgan fingerprint density at radius 1 is 1.11 bits per heavy atom. The molecule has 1 heterocycles. The maximum absolute atomic E-state index is 12.7. The van der Waals surface area contributed by atoms with Crippen molar-refractivity contribution in [1.82, 2.24) is 14.8 Å². The Balaban J connectivity index is 1.52. The molecule has 3 aromatic rings. The van der Waals surface area contributed by atoms with Gasteiger partial charge in [0.2, 0.25) is 0 Å². The molecule has 0 unspecified atom stereocenters. The number of carbonyl (C=O) groups excluding carboxylic acids is 1. The molecular weight excluding hydrogens is 354 g/mol. The lowest BCUT2D eigenvalue weighted by Gasteiger charge is -2.10. The molecule has 1 aliphatic rings. The highest BCUT2D eigenvalue weighted by Gasteiger charge is 2.30. The van der Waals surface area contributed by atoms with Crippen molar-refractivity contribution in [2.45, 2.75) is 44.3 Å². The second-order valence-electron chi connectivity index (χ2n) is 7.22. The highest BCUT2D eigenvalue weighted by molar-refractivity contribution is 7.99. The van der Waals surface area contributed by atoms with Crippen molar-refractivity contribution < 1.29 is 4.79 Å². The highest BCUT2D eigenvalue weighted by Crippen LogP contribution is 2.40. The van der Waals surface area contributed by atoms with Crippen LogP contribution in [0, 0.1) is 13.8 Å². The van der Waals surface area contributed by atoms with Crippen molar-refractivity contribution >= 4 is 17.5 Å². The number of hydrogen-bond acceptors (Lipinski definition) is 4. The maximum Gasteiger partial charge on any atom is 0.191 e. The summed E-state index contributed by atoms with van der Waals surface area (Å²) >= 11 is 1.49. The van der Waals surface area contributed by atoms with Gasteiger partial charge in [-0.05, 0) is 37.8 Å². The molecule has 4 rings (SSSR count). The normalized spacial score (nSPS) is 13.7. The average molecular weight is 378 g/mol. The van der Waals surface area contributed by atoms with Gasteiger partial charge in [0.05, 0.1) is 12.3 Å². The van der Waals surface area contributed by atoms with Crippen LogP contribution in [0.3, 0.4) is 0 Å². The lowest BCUT2D eigenvalue weighted by Crippen LogP contribution is -2.09. The first-order valence-electron chi connectivity index (χ1n) is 9.32. The molecule has 0 bridgehead atoms. The molecule has 4 nitrogen and oxygen atoms in total. The van der Waals surface area contributed by atoms with E-state index in [1.807, 2.05) is 44.2 Å². The summed E-state index contributed by atoms with van der Waals surface area (Å²) in [6.07, 6.45) is 2.36. The van der Waals surface area contributed by atoms with Crippen molar-refractivity contribution in [3.05, 3.63) is 76.6 Å². The predicted octanol–water partition coefficient (Wildman–Crippen LogP) is 4.80. The summed E-state index contributed by atoms with van der Waals surface area (Å²) in [4.78, 5) is 12.7. The smallest absolute Gasteiger partial charge is 0.191 e. The third kappa shape index (κ3) is 4.14. The molecule has 27 heavy (non-hydrogen) atoms. The van der Waals surface area contributed by atoms with E-state index in [9.17, 15) is 4.79 Å². The number of benzene rings is 2. The summed E-state index contributed by atoms with van der Waals surface area (Å²) in [5.74, 6) is 2.09. The molecule has 138 valence electrons. The fourth-order valence-electron chi connectivity index (χ4n) is 3.30. The van der Waals surface area contributed by atoms with Crippen LogP contribution in [0.25, 0.3) is 0 Å². The monoisotopic (exact) mass is 377 g/mol. The first-order chi connectivity index (χ1) is 13.1. The summed E-state index contributed by atoms with van der Waals surface area (Å²) in [5, 5.41) is 9.67.